The largest absolute Gasteiger partial charge is 0.481 e. The fraction of sp³-hybridized carbons (Fsp3) is 0.857. The van der Waals surface area contributed by atoms with Crippen molar-refractivity contribution in [2.24, 2.45) is 17.8 Å². The number of carboxylic acids is 1. The van der Waals surface area contributed by atoms with E-state index in [2.05, 4.69) is 0 Å². The van der Waals surface area contributed by atoms with Crippen LogP contribution in [0.15, 0.2) is 0 Å². The van der Waals surface area contributed by atoms with Gasteiger partial charge >= 0.3 is 5.97 Å². The van der Waals surface area contributed by atoms with E-state index in [1.807, 2.05) is 0 Å². The Kier molecular flexibility index (Phi) is 1.10. The molecule has 4 heteroatoms. The van der Waals surface area contributed by atoms with E-state index in [9.17, 15) is 13.6 Å². The minimum atomic E-state index is -2.58. The van der Waals surface area contributed by atoms with E-state index in [1.165, 1.54) is 0 Å². The maximum absolute atomic E-state index is 12.5. The molecule has 2 fully saturated rings. The molecule has 0 radical (unpaired) electrons. The van der Waals surface area contributed by atoms with Crippen molar-refractivity contribution < 1.29 is 18.7 Å². The quantitative estimate of drug-likeness (QED) is 0.632. The van der Waals surface area contributed by atoms with Crippen molar-refractivity contribution in [2.75, 3.05) is 0 Å². The number of fused-ring (bicyclic) bond motifs is 1. The van der Waals surface area contributed by atoms with Crippen molar-refractivity contribution >= 4 is 5.97 Å². The van der Waals surface area contributed by atoms with E-state index in [4.69, 9.17) is 5.11 Å². The van der Waals surface area contributed by atoms with Crippen LogP contribution >= 0.6 is 0 Å². The Labute approximate surface area is 62.2 Å². The Bertz CT molecular complexity index is 200. The number of alkyl halides is 2. The smallest absolute Gasteiger partial charge is 0.307 e. The molecule has 1 N–H and O–H groups in total. The lowest BCUT2D eigenvalue weighted by Gasteiger charge is -2.10. The highest BCUT2D eigenvalue weighted by atomic mass is 19.3. The van der Waals surface area contributed by atoms with E-state index in [0.29, 0.717) is 0 Å². The zero-order chi connectivity index (χ0) is 8.22. The monoisotopic (exact) mass is 162 g/mol. The zero-order valence-electron chi connectivity index (χ0n) is 5.76. The Hall–Kier alpha value is -0.670. The molecule has 0 saturated heterocycles. The number of carbonyl (C=O) groups is 1. The Morgan fingerprint density at radius 1 is 1.36 bits per heavy atom. The topological polar surface area (TPSA) is 37.3 Å². The third-order valence-corrected chi connectivity index (χ3v) is 2.69. The van der Waals surface area contributed by atoms with E-state index >= 15 is 0 Å². The molecule has 3 atom stereocenters. The molecule has 62 valence electrons. The third-order valence-electron chi connectivity index (χ3n) is 2.69. The minimum Gasteiger partial charge on any atom is -0.481 e. The summed E-state index contributed by atoms with van der Waals surface area (Å²) in [5.74, 6) is -4.42. The van der Waals surface area contributed by atoms with Gasteiger partial charge in [-0.05, 0) is 11.8 Å². The van der Waals surface area contributed by atoms with Crippen LogP contribution in [-0.4, -0.2) is 17.0 Å². The maximum Gasteiger partial charge on any atom is 0.307 e. The van der Waals surface area contributed by atoms with Crippen molar-refractivity contribution in [3.63, 3.8) is 0 Å². The lowest BCUT2D eigenvalue weighted by atomic mass is 10.1. The first-order chi connectivity index (χ1) is 5.01. The van der Waals surface area contributed by atoms with Crippen molar-refractivity contribution in [3.05, 3.63) is 0 Å². The van der Waals surface area contributed by atoms with Gasteiger partial charge in [-0.3, -0.25) is 4.79 Å². The van der Waals surface area contributed by atoms with E-state index in [-0.39, 0.29) is 24.7 Å². The lowest BCUT2D eigenvalue weighted by Crippen LogP contribution is -2.17. The molecule has 2 nitrogen and oxygen atoms in total. The third kappa shape index (κ3) is 0.921. The molecule has 0 amide bonds. The molecule has 2 aliphatic carbocycles. The first-order valence-corrected chi connectivity index (χ1v) is 3.62. The summed E-state index contributed by atoms with van der Waals surface area (Å²) >= 11 is 0. The number of hydrogen-bond acceptors (Lipinski definition) is 1. The van der Waals surface area contributed by atoms with Gasteiger partial charge in [-0.1, -0.05) is 0 Å². The van der Waals surface area contributed by atoms with Crippen LogP contribution < -0.4 is 0 Å². The molecule has 0 spiro atoms. The second-order valence-electron chi connectivity index (χ2n) is 3.46. The molecule has 0 aromatic heterocycles. The lowest BCUT2D eigenvalue weighted by molar-refractivity contribution is -0.140. The van der Waals surface area contributed by atoms with Crippen molar-refractivity contribution in [3.8, 4) is 0 Å². The molecule has 2 aliphatic rings. The van der Waals surface area contributed by atoms with Gasteiger partial charge in [0, 0.05) is 12.8 Å². The average molecular weight is 162 g/mol. The Balaban J connectivity index is 2.01. The van der Waals surface area contributed by atoms with Gasteiger partial charge in [0.15, 0.2) is 0 Å². The summed E-state index contributed by atoms with van der Waals surface area (Å²) in [6.07, 6.45) is -0.427. The van der Waals surface area contributed by atoms with Crippen LogP contribution in [0, 0.1) is 17.8 Å². The molecule has 1 unspecified atom stereocenters. The van der Waals surface area contributed by atoms with Crippen LogP contribution in [0.2, 0.25) is 0 Å². The summed E-state index contributed by atoms with van der Waals surface area (Å²) in [6.45, 7) is 0. The maximum atomic E-state index is 12.5. The van der Waals surface area contributed by atoms with Gasteiger partial charge < -0.3 is 5.11 Å². The highest BCUT2D eigenvalue weighted by Gasteiger charge is 2.65. The standard InChI is InChI=1S/C7H8F2O2/c8-7(9)1-3-4(2-7)5(3)6(10)11/h3-5H,1-2H2,(H,10,11)/t3-,4?,5+/m0/s1. The van der Waals surface area contributed by atoms with E-state index in [0.717, 1.165) is 0 Å². The highest BCUT2D eigenvalue weighted by Crippen LogP contribution is 2.62. The fourth-order valence-electron chi connectivity index (χ4n) is 2.14. The van der Waals surface area contributed by atoms with E-state index in [1.54, 1.807) is 0 Å². The van der Waals surface area contributed by atoms with Gasteiger partial charge in [0.2, 0.25) is 5.92 Å². The van der Waals surface area contributed by atoms with Gasteiger partial charge in [0.1, 0.15) is 0 Å². The number of halogens is 2. The predicted octanol–water partition coefficient (Wildman–Crippen LogP) is 1.36. The fourth-order valence-corrected chi connectivity index (χ4v) is 2.14. The van der Waals surface area contributed by atoms with E-state index < -0.39 is 17.8 Å². The first kappa shape index (κ1) is 7.00. The molecule has 11 heavy (non-hydrogen) atoms. The number of aliphatic carboxylic acids is 1. The molecule has 2 rings (SSSR count). The van der Waals surface area contributed by atoms with Crippen LogP contribution in [0.4, 0.5) is 8.78 Å². The van der Waals surface area contributed by atoms with Gasteiger partial charge in [-0.2, -0.15) is 0 Å². The van der Waals surface area contributed by atoms with Crippen LogP contribution in [0.5, 0.6) is 0 Å². The molecule has 0 aromatic rings. The SMILES string of the molecule is O=C(O)[C@H]1C2CC(F)(F)C[C@@H]21. The molecule has 0 aromatic carbocycles. The average Bonchev–Trinajstić information content (AvgIpc) is 2.31. The summed E-state index contributed by atoms with van der Waals surface area (Å²) in [5, 5.41) is 8.48. The van der Waals surface area contributed by atoms with Gasteiger partial charge in [-0.25, -0.2) is 8.78 Å². The predicted molar refractivity (Wildman–Crippen MR) is 32.3 cm³/mol. The number of carboxylic acid groups (broad SMARTS) is 1. The van der Waals surface area contributed by atoms with Gasteiger partial charge in [0.05, 0.1) is 5.92 Å². The summed E-state index contributed by atoms with van der Waals surface area (Å²) in [4.78, 5) is 10.3. The Morgan fingerprint density at radius 2 is 1.82 bits per heavy atom. The summed E-state index contributed by atoms with van der Waals surface area (Å²) < 4.78 is 24.9. The Morgan fingerprint density at radius 3 is 2.18 bits per heavy atom. The summed E-state index contributed by atoms with van der Waals surface area (Å²) in [7, 11) is 0. The number of hydrogen-bond donors (Lipinski definition) is 1. The molecule has 2 saturated carbocycles. The van der Waals surface area contributed by atoms with Crippen LogP contribution in [0.1, 0.15) is 12.8 Å². The second kappa shape index (κ2) is 1.73. The molecular weight excluding hydrogens is 154 g/mol. The first-order valence-electron chi connectivity index (χ1n) is 3.62. The molecule has 0 aliphatic heterocycles. The molecule has 0 bridgehead atoms. The van der Waals surface area contributed by atoms with Crippen LogP contribution in [0.25, 0.3) is 0 Å². The second-order valence-corrected chi connectivity index (χ2v) is 3.46. The summed E-state index contributed by atoms with van der Waals surface area (Å²) in [5.41, 5.74) is 0. The van der Waals surface area contributed by atoms with Gasteiger partial charge in [0.25, 0.3) is 0 Å². The molecular formula is C7H8F2O2. The number of rotatable bonds is 1. The normalized spacial score (nSPS) is 45.1. The van der Waals surface area contributed by atoms with Gasteiger partial charge in [-0.15, -0.1) is 0 Å². The van der Waals surface area contributed by atoms with Crippen molar-refractivity contribution in [2.45, 2.75) is 18.8 Å². The van der Waals surface area contributed by atoms with Crippen LogP contribution in [-0.2, 0) is 4.79 Å². The van der Waals surface area contributed by atoms with Crippen molar-refractivity contribution in [1.82, 2.24) is 0 Å². The summed E-state index contributed by atoms with van der Waals surface area (Å²) in [6, 6.07) is 0. The van der Waals surface area contributed by atoms with Crippen molar-refractivity contribution in [1.29, 1.82) is 0 Å². The molecule has 0 heterocycles. The minimum absolute atomic E-state index is 0.214. The van der Waals surface area contributed by atoms with Crippen LogP contribution in [0.3, 0.4) is 0 Å². The highest BCUT2D eigenvalue weighted by molar-refractivity contribution is 5.74. The zero-order valence-corrected chi connectivity index (χ0v) is 5.76.